The number of amides is 2. The lowest BCUT2D eigenvalue weighted by Crippen LogP contribution is -2.37. The minimum Gasteiger partial charge on any atom is -0.452 e. The van der Waals surface area contributed by atoms with E-state index < -0.39 is 5.97 Å². The van der Waals surface area contributed by atoms with E-state index in [0.29, 0.717) is 16.5 Å². The summed E-state index contributed by atoms with van der Waals surface area (Å²) in [6.45, 7) is 6.68. The number of aryl methyl sites for hydroxylation is 1. The summed E-state index contributed by atoms with van der Waals surface area (Å²) in [7, 11) is 0. The molecular weight excluding hydrogens is 316 g/mol. The van der Waals surface area contributed by atoms with Crippen molar-refractivity contribution >= 4 is 34.1 Å². The second kappa shape index (κ2) is 7.12. The number of hydrogen-bond acceptors (Lipinski definition) is 5. The second-order valence-electron chi connectivity index (χ2n) is 5.94. The van der Waals surface area contributed by atoms with Gasteiger partial charge >= 0.3 is 5.97 Å². The van der Waals surface area contributed by atoms with Crippen molar-refractivity contribution in [2.45, 2.75) is 46.6 Å². The molecule has 2 rings (SSSR count). The fraction of sp³-hybridized carbons (Fsp3) is 0.562. The van der Waals surface area contributed by atoms with Crippen molar-refractivity contribution in [1.29, 1.82) is 0 Å². The van der Waals surface area contributed by atoms with Crippen LogP contribution in [0.3, 0.4) is 0 Å². The molecule has 2 amide bonds. The molecule has 7 heteroatoms. The summed E-state index contributed by atoms with van der Waals surface area (Å²) in [5, 5.41) is 5.93. The first kappa shape index (κ1) is 17.5. The van der Waals surface area contributed by atoms with Crippen LogP contribution in [0.4, 0.5) is 5.00 Å². The topological polar surface area (TPSA) is 84.5 Å². The average Bonchev–Trinajstić information content (AvgIpc) is 3.25. The van der Waals surface area contributed by atoms with E-state index in [2.05, 4.69) is 10.6 Å². The van der Waals surface area contributed by atoms with Gasteiger partial charge in [0.15, 0.2) is 6.61 Å². The molecule has 23 heavy (non-hydrogen) atoms. The van der Waals surface area contributed by atoms with Crippen LogP contribution in [0.5, 0.6) is 0 Å². The summed E-state index contributed by atoms with van der Waals surface area (Å²) in [6.07, 6.45) is 2.27. The molecule has 126 valence electrons. The van der Waals surface area contributed by atoms with Crippen molar-refractivity contribution in [3.8, 4) is 0 Å². The molecular formula is C16H22N2O4S. The molecule has 1 saturated carbocycles. The minimum absolute atomic E-state index is 0.112. The Morgan fingerprint density at radius 3 is 2.52 bits per heavy atom. The third-order valence-corrected chi connectivity index (χ3v) is 5.05. The lowest BCUT2D eigenvalue weighted by molar-refractivity contribution is -0.125. The summed E-state index contributed by atoms with van der Waals surface area (Å²) in [5.74, 6) is -0.604. The Hall–Kier alpha value is -1.89. The smallest absolute Gasteiger partial charge is 0.341 e. The van der Waals surface area contributed by atoms with Crippen LogP contribution in [-0.4, -0.2) is 30.4 Å². The highest BCUT2D eigenvalue weighted by atomic mass is 32.1. The number of rotatable bonds is 6. The molecule has 1 heterocycles. The summed E-state index contributed by atoms with van der Waals surface area (Å²) in [6, 6.07) is 0.112. The van der Waals surface area contributed by atoms with Crippen LogP contribution in [0.15, 0.2) is 0 Å². The molecule has 6 nitrogen and oxygen atoms in total. The van der Waals surface area contributed by atoms with Crippen molar-refractivity contribution in [3.05, 3.63) is 16.0 Å². The quantitative estimate of drug-likeness (QED) is 0.780. The fourth-order valence-corrected chi connectivity index (χ4v) is 3.43. The number of nitrogens with one attached hydrogen (secondary N) is 2. The van der Waals surface area contributed by atoms with E-state index in [9.17, 15) is 14.4 Å². The summed E-state index contributed by atoms with van der Waals surface area (Å²) < 4.78 is 5.11. The number of carbonyl (C=O) groups is 3. The number of thiophene rings is 1. The highest BCUT2D eigenvalue weighted by Gasteiger charge is 2.29. The van der Waals surface area contributed by atoms with Crippen molar-refractivity contribution < 1.29 is 19.1 Å². The molecule has 1 fully saturated rings. The minimum atomic E-state index is -0.593. The van der Waals surface area contributed by atoms with Gasteiger partial charge < -0.3 is 15.4 Å². The molecule has 2 N–H and O–H groups in total. The molecule has 1 aliphatic carbocycles. The van der Waals surface area contributed by atoms with Gasteiger partial charge in [0.05, 0.1) is 5.56 Å². The normalized spacial score (nSPS) is 15.0. The lowest BCUT2D eigenvalue weighted by Gasteiger charge is -2.13. The Morgan fingerprint density at radius 1 is 1.30 bits per heavy atom. The maximum Gasteiger partial charge on any atom is 0.341 e. The Labute approximate surface area is 139 Å². The van der Waals surface area contributed by atoms with Crippen LogP contribution in [-0.2, 0) is 14.3 Å². The molecule has 0 bridgehead atoms. The number of hydrogen-bond donors (Lipinski definition) is 2. The third-order valence-electron chi connectivity index (χ3n) is 3.93. The summed E-state index contributed by atoms with van der Waals surface area (Å²) >= 11 is 1.32. The van der Waals surface area contributed by atoms with Crippen LogP contribution < -0.4 is 10.6 Å². The highest BCUT2D eigenvalue weighted by Crippen LogP contribution is 2.33. The van der Waals surface area contributed by atoms with Crippen LogP contribution in [0.2, 0.25) is 0 Å². The molecule has 0 aromatic carbocycles. The van der Waals surface area contributed by atoms with E-state index in [4.69, 9.17) is 4.74 Å². The molecule has 0 unspecified atom stereocenters. The molecule has 1 aromatic rings. The lowest BCUT2D eigenvalue weighted by atomic mass is 10.1. The Bertz CT molecular complexity index is 634. The van der Waals surface area contributed by atoms with Gasteiger partial charge in [0.25, 0.3) is 5.91 Å². The summed E-state index contributed by atoms with van der Waals surface area (Å²) in [5.41, 5.74) is 1.08. The van der Waals surface area contributed by atoms with Gasteiger partial charge in [-0.3, -0.25) is 9.59 Å². The van der Waals surface area contributed by atoms with E-state index >= 15 is 0 Å². The SMILES string of the molecule is CC(=O)Nc1sc(C)c(C)c1C(=O)OCC(=O)N[C@@H](C)C1CC1. The van der Waals surface area contributed by atoms with Gasteiger partial charge in [0, 0.05) is 17.8 Å². The number of esters is 1. The first-order valence-electron chi connectivity index (χ1n) is 7.63. The Balaban J connectivity index is 1.97. The number of anilines is 1. The summed E-state index contributed by atoms with van der Waals surface area (Å²) in [4.78, 5) is 36.3. The van der Waals surface area contributed by atoms with Crippen LogP contribution in [0.1, 0.15) is 47.5 Å². The van der Waals surface area contributed by atoms with Gasteiger partial charge in [-0.1, -0.05) is 0 Å². The first-order valence-corrected chi connectivity index (χ1v) is 8.45. The Morgan fingerprint density at radius 2 is 1.96 bits per heavy atom. The van der Waals surface area contributed by atoms with E-state index in [-0.39, 0.29) is 24.5 Å². The highest BCUT2D eigenvalue weighted by molar-refractivity contribution is 7.16. The maximum absolute atomic E-state index is 12.3. The molecule has 1 atom stereocenters. The molecule has 0 aliphatic heterocycles. The number of carbonyl (C=O) groups excluding carboxylic acids is 3. The zero-order chi connectivity index (χ0) is 17.1. The van der Waals surface area contributed by atoms with Crippen LogP contribution in [0, 0.1) is 19.8 Å². The average molecular weight is 338 g/mol. The maximum atomic E-state index is 12.3. The van der Waals surface area contributed by atoms with Crippen LogP contribution >= 0.6 is 11.3 Å². The van der Waals surface area contributed by atoms with Gasteiger partial charge in [-0.05, 0) is 45.1 Å². The first-order chi connectivity index (χ1) is 10.8. The van der Waals surface area contributed by atoms with Gasteiger partial charge in [-0.15, -0.1) is 11.3 Å². The zero-order valence-corrected chi connectivity index (χ0v) is 14.6. The van der Waals surface area contributed by atoms with Crippen LogP contribution in [0.25, 0.3) is 0 Å². The number of ether oxygens (including phenoxy) is 1. The molecule has 1 aliphatic rings. The Kier molecular flexibility index (Phi) is 5.41. The van der Waals surface area contributed by atoms with E-state index in [0.717, 1.165) is 23.3 Å². The molecule has 0 spiro atoms. The van der Waals surface area contributed by atoms with E-state index in [1.807, 2.05) is 13.8 Å². The van der Waals surface area contributed by atoms with Crippen molar-refractivity contribution in [2.24, 2.45) is 5.92 Å². The van der Waals surface area contributed by atoms with Gasteiger partial charge in [0.1, 0.15) is 5.00 Å². The van der Waals surface area contributed by atoms with Gasteiger partial charge in [-0.25, -0.2) is 4.79 Å². The largest absolute Gasteiger partial charge is 0.452 e. The van der Waals surface area contributed by atoms with E-state index in [1.165, 1.54) is 18.3 Å². The predicted octanol–water partition coefficient (Wildman–Crippen LogP) is 2.39. The standard InChI is InChI=1S/C16H22N2O4S/c1-8-10(3)23-15(18-11(4)19)14(8)16(21)22-7-13(20)17-9(2)12-5-6-12/h9,12H,5-7H2,1-4H3,(H,17,20)(H,18,19)/t9-/m0/s1. The molecule has 0 radical (unpaired) electrons. The monoisotopic (exact) mass is 338 g/mol. The van der Waals surface area contributed by atoms with Gasteiger partial charge in [0.2, 0.25) is 5.91 Å². The van der Waals surface area contributed by atoms with E-state index in [1.54, 1.807) is 6.92 Å². The van der Waals surface area contributed by atoms with Crippen molar-refractivity contribution in [1.82, 2.24) is 5.32 Å². The second-order valence-corrected chi connectivity index (χ2v) is 7.16. The van der Waals surface area contributed by atoms with Crippen molar-refractivity contribution in [3.63, 3.8) is 0 Å². The zero-order valence-electron chi connectivity index (χ0n) is 13.8. The molecule has 1 aromatic heterocycles. The van der Waals surface area contributed by atoms with Crippen molar-refractivity contribution in [2.75, 3.05) is 11.9 Å². The predicted molar refractivity (Wildman–Crippen MR) is 88.7 cm³/mol. The third kappa shape index (κ3) is 4.54. The molecule has 0 saturated heterocycles. The fourth-order valence-electron chi connectivity index (χ4n) is 2.33. The van der Waals surface area contributed by atoms with Gasteiger partial charge in [-0.2, -0.15) is 0 Å².